The van der Waals surface area contributed by atoms with E-state index in [-0.39, 0.29) is 27.8 Å². The van der Waals surface area contributed by atoms with Gasteiger partial charge in [-0.25, -0.2) is 21.1 Å². The number of Topliss-reactive ketones (excluding diaryl/α,β-unsaturated/α-hetero) is 1. The average Bonchev–Trinajstić information content (AvgIpc) is 2.82. The second-order valence-corrected chi connectivity index (χ2v) is 10.1. The van der Waals surface area contributed by atoms with Crippen LogP contribution in [0.1, 0.15) is 24.2 Å². The molecular formula is C18H18N2O6S2. The van der Waals surface area contributed by atoms with Gasteiger partial charge in [-0.05, 0) is 43.3 Å². The molecule has 1 heterocycles. The molecule has 0 aliphatic carbocycles. The third-order valence-electron chi connectivity index (χ3n) is 4.26. The summed E-state index contributed by atoms with van der Waals surface area (Å²) >= 11 is 0. The SMILES string of the molecule is CC(=O)c1cccc(NS(=O)(=O)c2ccc(N3C(=O)[C@H](C)CS3(=O)=O)cc2)c1. The maximum absolute atomic E-state index is 12.6. The largest absolute Gasteiger partial charge is 0.295 e. The van der Waals surface area contributed by atoms with Crippen LogP contribution in [-0.2, 0) is 24.8 Å². The molecule has 1 aliphatic rings. The van der Waals surface area contributed by atoms with Gasteiger partial charge in [0.05, 0.1) is 22.3 Å². The minimum atomic E-state index is -3.96. The van der Waals surface area contributed by atoms with E-state index in [1.807, 2.05) is 0 Å². The van der Waals surface area contributed by atoms with Crippen molar-refractivity contribution in [3.8, 4) is 0 Å². The van der Waals surface area contributed by atoms with Gasteiger partial charge in [-0.2, -0.15) is 0 Å². The number of nitrogens with one attached hydrogen (secondary N) is 1. The lowest BCUT2D eigenvalue weighted by Gasteiger charge is -2.16. The van der Waals surface area contributed by atoms with Gasteiger partial charge in [0.2, 0.25) is 15.9 Å². The van der Waals surface area contributed by atoms with Crippen LogP contribution in [0.25, 0.3) is 0 Å². The van der Waals surface area contributed by atoms with Crippen molar-refractivity contribution < 1.29 is 26.4 Å². The van der Waals surface area contributed by atoms with Crippen molar-refractivity contribution in [3.05, 3.63) is 54.1 Å². The van der Waals surface area contributed by atoms with Gasteiger partial charge in [-0.3, -0.25) is 14.3 Å². The van der Waals surface area contributed by atoms with E-state index in [9.17, 15) is 26.4 Å². The number of nitrogens with zero attached hydrogens (tertiary/aromatic N) is 1. The van der Waals surface area contributed by atoms with E-state index in [2.05, 4.69) is 4.72 Å². The molecule has 28 heavy (non-hydrogen) atoms. The molecule has 3 rings (SSSR count). The summed E-state index contributed by atoms with van der Waals surface area (Å²) < 4.78 is 52.5. The second kappa shape index (κ2) is 7.02. The Balaban J connectivity index is 1.88. The first kappa shape index (κ1) is 20.0. The monoisotopic (exact) mass is 422 g/mol. The molecule has 0 unspecified atom stereocenters. The van der Waals surface area contributed by atoms with Crippen LogP contribution in [0.5, 0.6) is 0 Å². The molecule has 0 aromatic heterocycles. The Morgan fingerprint density at radius 1 is 1.14 bits per heavy atom. The number of carbonyl (C=O) groups is 2. The molecule has 1 atom stereocenters. The van der Waals surface area contributed by atoms with Gasteiger partial charge in [0.1, 0.15) is 0 Å². The van der Waals surface area contributed by atoms with Crippen molar-refractivity contribution >= 4 is 43.1 Å². The maximum Gasteiger partial charge on any atom is 0.261 e. The van der Waals surface area contributed by atoms with Crippen LogP contribution in [0.4, 0.5) is 11.4 Å². The smallest absolute Gasteiger partial charge is 0.261 e. The number of hydrogen-bond acceptors (Lipinski definition) is 6. The molecule has 0 spiro atoms. The average molecular weight is 422 g/mol. The van der Waals surface area contributed by atoms with Crippen LogP contribution in [0.2, 0.25) is 0 Å². The minimum absolute atomic E-state index is 0.0897. The Morgan fingerprint density at radius 3 is 2.32 bits per heavy atom. The van der Waals surface area contributed by atoms with Crippen molar-refractivity contribution in [2.45, 2.75) is 18.7 Å². The molecular weight excluding hydrogens is 404 g/mol. The van der Waals surface area contributed by atoms with E-state index >= 15 is 0 Å². The fourth-order valence-electron chi connectivity index (χ4n) is 2.86. The molecule has 2 aromatic rings. The van der Waals surface area contributed by atoms with Gasteiger partial charge < -0.3 is 0 Å². The van der Waals surface area contributed by atoms with E-state index in [4.69, 9.17) is 0 Å². The topological polar surface area (TPSA) is 118 Å². The Morgan fingerprint density at radius 2 is 1.79 bits per heavy atom. The molecule has 1 N–H and O–H groups in total. The summed E-state index contributed by atoms with van der Waals surface area (Å²) in [6.45, 7) is 2.90. The van der Waals surface area contributed by atoms with Gasteiger partial charge in [-0.15, -0.1) is 0 Å². The zero-order valence-corrected chi connectivity index (χ0v) is 16.7. The number of sulfonamides is 2. The van der Waals surface area contributed by atoms with Crippen LogP contribution in [-0.4, -0.2) is 34.3 Å². The third-order valence-corrected chi connectivity index (χ3v) is 7.53. The summed E-state index contributed by atoms with van der Waals surface area (Å²) in [5.74, 6) is -1.67. The molecule has 148 valence electrons. The summed E-state index contributed by atoms with van der Waals surface area (Å²) in [5, 5.41) is 0. The zero-order chi connectivity index (χ0) is 20.7. The van der Waals surface area contributed by atoms with Crippen LogP contribution < -0.4 is 9.03 Å². The lowest BCUT2D eigenvalue weighted by atomic mass is 10.1. The molecule has 0 saturated carbocycles. The third kappa shape index (κ3) is 3.78. The van der Waals surface area contributed by atoms with Crippen molar-refractivity contribution in [2.75, 3.05) is 14.8 Å². The van der Waals surface area contributed by atoms with Crippen molar-refractivity contribution in [3.63, 3.8) is 0 Å². The van der Waals surface area contributed by atoms with Crippen molar-refractivity contribution in [1.82, 2.24) is 0 Å². The number of anilines is 2. The van der Waals surface area contributed by atoms with Crippen molar-refractivity contribution in [1.29, 1.82) is 0 Å². The van der Waals surface area contributed by atoms with E-state index in [1.54, 1.807) is 12.1 Å². The standard InChI is InChI=1S/C18H18N2O6S2/c1-12-11-27(23,24)20(18(12)22)16-6-8-17(9-7-16)28(25,26)19-15-5-3-4-14(10-15)13(2)21/h3-10,12,19H,11H2,1-2H3/t12-/m1/s1. The lowest BCUT2D eigenvalue weighted by Crippen LogP contribution is -2.30. The van der Waals surface area contributed by atoms with E-state index < -0.39 is 31.9 Å². The van der Waals surface area contributed by atoms with E-state index in [0.717, 1.165) is 0 Å². The summed E-state index contributed by atoms with van der Waals surface area (Å²) in [7, 11) is -7.72. The van der Waals surface area contributed by atoms with Crippen LogP contribution in [0.3, 0.4) is 0 Å². The number of benzene rings is 2. The summed E-state index contributed by atoms with van der Waals surface area (Å²) in [5.41, 5.74) is 0.678. The molecule has 1 fully saturated rings. The van der Waals surface area contributed by atoms with Gasteiger partial charge in [0.15, 0.2) is 5.78 Å². The lowest BCUT2D eigenvalue weighted by molar-refractivity contribution is -0.119. The molecule has 8 nitrogen and oxygen atoms in total. The molecule has 1 amide bonds. The predicted molar refractivity (Wildman–Crippen MR) is 104 cm³/mol. The molecule has 0 bridgehead atoms. The molecule has 1 aliphatic heterocycles. The Bertz CT molecular complexity index is 1150. The number of carbonyl (C=O) groups excluding carboxylic acids is 2. The molecule has 2 aromatic carbocycles. The summed E-state index contributed by atoms with van der Waals surface area (Å²) in [4.78, 5) is 23.5. The molecule has 0 radical (unpaired) electrons. The minimum Gasteiger partial charge on any atom is -0.295 e. The Hall–Kier alpha value is -2.72. The van der Waals surface area contributed by atoms with Gasteiger partial charge >= 0.3 is 0 Å². The Kier molecular flexibility index (Phi) is 5.02. The normalized spacial score (nSPS) is 18.9. The van der Waals surface area contributed by atoms with Crippen LogP contribution in [0, 0.1) is 5.92 Å². The highest BCUT2D eigenvalue weighted by Gasteiger charge is 2.41. The fourth-order valence-corrected chi connectivity index (χ4v) is 5.73. The van der Waals surface area contributed by atoms with Crippen molar-refractivity contribution in [2.24, 2.45) is 5.92 Å². The first-order valence-electron chi connectivity index (χ1n) is 8.32. The number of rotatable bonds is 5. The maximum atomic E-state index is 12.6. The highest BCUT2D eigenvalue weighted by Crippen LogP contribution is 2.29. The zero-order valence-electron chi connectivity index (χ0n) is 15.1. The summed E-state index contributed by atoms with van der Waals surface area (Å²) in [6.07, 6.45) is 0. The fraction of sp³-hybridized carbons (Fsp3) is 0.222. The summed E-state index contributed by atoms with van der Waals surface area (Å²) in [6, 6.07) is 11.0. The van der Waals surface area contributed by atoms with Gasteiger partial charge in [-0.1, -0.05) is 19.1 Å². The van der Waals surface area contributed by atoms with E-state index in [1.165, 1.54) is 50.2 Å². The van der Waals surface area contributed by atoms with E-state index in [0.29, 0.717) is 9.87 Å². The molecule has 1 saturated heterocycles. The number of hydrogen-bond donors (Lipinski definition) is 1. The quantitative estimate of drug-likeness (QED) is 0.737. The van der Waals surface area contributed by atoms with Crippen LogP contribution in [0.15, 0.2) is 53.4 Å². The van der Waals surface area contributed by atoms with Crippen LogP contribution >= 0.6 is 0 Å². The number of amides is 1. The first-order valence-corrected chi connectivity index (χ1v) is 11.4. The van der Waals surface area contributed by atoms with Gasteiger partial charge in [0.25, 0.3) is 10.0 Å². The number of ketones is 1. The molecule has 10 heteroatoms. The Labute approximate surface area is 163 Å². The first-order chi connectivity index (χ1) is 13.0. The predicted octanol–water partition coefficient (Wildman–Crippen LogP) is 2.00. The van der Waals surface area contributed by atoms with Gasteiger partial charge in [0, 0.05) is 11.3 Å². The highest BCUT2D eigenvalue weighted by molar-refractivity contribution is 7.94. The second-order valence-electron chi connectivity index (χ2n) is 6.52. The highest BCUT2D eigenvalue weighted by atomic mass is 32.2.